The molecule has 0 spiro atoms. The van der Waals surface area contributed by atoms with Crippen molar-refractivity contribution in [3.63, 3.8) is 0 Å². The molecule has 4 N–H and O–H groups in total. The summed E-state index contributed by atoms with van der Waals surface area (Å²) in [7, 11) is -3.94. The lowest BCUT2D eigenvalue weighted by Gasteiger charge is -2.34. The minimum Gasteiger partial charge on any atom is -0.493 e. The van der Waals surface area contributed by atoms with E-state index in [9.17, 15) is 18.0 Å². The van der Waals surface area contributed by atoms with Crippen LogP contribution >= 0.6 is 0 Å². The summed E-state index contributed by atoms with van der Waals surface area (Å²) in [5.74, 6) is 1.20. The van der Waals surface area contributed by atoms with Crippen LogP contribution in [0.15, 0.2) is 64.5 Å². The van der Waals surface area contributed by atoms with Gasteiger partial charge in [-0.25, -0.2) is 27.9 Å². The number of hydrogen-bond acceptors (Lipinski definition) is 11. The number of nitrogen functional groups attached to an aromatic ring is 1. The zero-order valence-electron chi connectivity index (χ0n) is 26.8. The molecule has 1 aliphatic heterocycles. The quantitative estimate of drug-likeness (QED) is 0.185. The van der Waals surface area contributed by atoms with Gasteiger partial charge in [-0.2, -0.15) is 4.31 Å². The van der Waals surface area contributed by atoms with E-state index < -0.39 is 15.9 Å². The maximum Gasteiger partial charge on any atom is 0.277 e. The van der Waals surface area contributed by atoms with Gasteiger partial charge in [0.15, 0.2) is 11.3 Å². The number of H-pyrrole nitrogens is 1. The molecule has 0 saturated carbocycles. The molecule has 1 saturated heterocycles. The SMILES string of the molecule is CCCc1nc(C)c2c(=O)[nH]c(-c3cc(S(=O)(=O)N4CCN(c5ncc(C(=O)Nc6ccccc6N)cn5)CC4)ccc3OCC)nn12. The van der Waals surface area contributed by atoms with Gasteiger partial charge in [0.1, 0.15) is 11.6 Å². The highest BCUT2D eigenvalue weighted by atomic mass is 32.2. The van der Waals surface area contributed by atoms with Crippen LogP contribution in [0.25, 0.3) is 16.9 Å². The van der Waals surface area contributed by atoms with E-state index >= 15 is 0 Å². The highest BCUT2D eigenvalue weighted by Crippen LogP contribution is 2.32. The van der Waals surface area contributed by atoms with E-state index in [4.69, 9.17) is 10.5 Å². The zero-order valence-corrected chi connectivity index (χ0v) is 27.6. The van der Waals surface area contributed by atoms with Crippen LogP contribution in [-0.4, -0.2) is 81.0 Å². The van der Waals surface area contributed by atoms with Crippen LogP contribution in [0.4, 0.5) is 17.3 Å². The van der Waals surface area contributed by atoms with Crippen molar-refractivity contribution < 1.29 is 17.9 Å². The number of nitrogens with zero attached hydrogens (tertiary/aromatic N) is 7. The number of anilines is 3. The fourth-order valence-electron chi connectivity index (χ4n) is 5.56. The van der Waals surface area contributed by atoms with Crippen LogP contribution in [0.2, 0.25) is 0 Å². The molecule has 16 heteroatoms. The Balaban J connectivity index is 1.20. The summed E-state index contributed by atoms with van der Waals surface area (Å²) in [4.78, 5) is 43.7. The Morgan fingerprint density at radius 2 is 1.79 bits per heavy atom. The lowest BCUT2D eigenvalue weighted by atomic mass is 10.2. The third kappa shape index (κ3) is 6.31. The third-order valence-electron chi connectivity index (χ3n) is 7.99. The van der Waals surface area contributed by atoms with Crippen LogP contribution in [-0.2, 0) is 16.4 Å². The van der Waals surface area contributed by atoms with Crippen LogP contribution in [0.5, 0.6) is 5.75 Å². The molecule has 0 aliphatic carbocycles. The van der Waals surface area contributed by atoms with E-state index in [2.05, 4.69) is 30.4 Å². The number of piperazine rings is 1. The highest BCUT2D eigenvalue weighted by molar-refractivity contribution is 7.89. The Hall–Kier alpha value is -5.35. The molecule has 6 rings (SSSR count). The van der Waals surface area contributed by atoms with E-state index in [0.29, 0.717) is 71.8 Å². The van der Waals surface area contributed by atoms with Gasteiger partial charge in [0.05, 0.1) is 39.7 Å². The normalized spacial score (nSPS) is 13.9. The lowest BCUT2D eigenvalue weighted by molar-refractivity contribution is 0.102. The number of nitrogens with one attached hydrogen (secondary N) is 2. The maximum absolute atomic E-state index is 13.9. The van der Waals surface area contributed by atoms with Crippen molar-refractivity contribution >= 4 is 38.8 Å². The number of hydrogen-bond donors (Lipinski definition) is 3. The van der Waals surface area contributed by atoms with Gasteiger partial charge in [-0.05, 0) is 50.6 Å². The first-order valence-corrected chi connectivity index (χ1v) is 17.0. The smallest absolute Gasteiger partial charge is 0.277 e. The summed E-state index contributed by atoms with van der Waals surface area (Å²) in [5, 5.41) is 7.41. The number of amides is 1. The second-order valence-electron chi connectivity index (χ2n) is 11.2. The van der Waals surface area contributed by atoms with Gasteiger partial charge >= 0.3 is 0 Å². The summed E-state index contributed by atoms with van der Waals surface area (Å²) in [6.45, 7) is 6.95. The van der Waals surface area contributed by atoms with Crippen LogP contribution in [0.3, 0.4) is 0 Å². The molecule has 3 aromatic heterocycles. The number of carbonyl (C=O) groups excluding carboxylic acids is 1. The van der Waals surface area contributed by atoms with Crippen molar-refractivity contribution in [1.29, 1.82) is 0 Å². The molecule has 4 heterocycles. The summed E-state index contributed by atoms with van der Waals surface area (Å²) in [5.41, 5.74) is 7.99. The number of carbonyl (C=O) groups is 1. The van der Waals surface area contributed by atoms with Gasteiger partial charge in [0.25, 0.3) is 11.5 Å². The molecule has 1 aliphatic rings. The van der Waals surface area contributed by atoms with E-state index in [1.165, 1.54) is 33.3 Å². The second kappa shape index (κ2) is 13.4. The Bertz CT molecular complexity index is 2140. The monoisotopic (exact) mass is 672 g/mol. The Morgan fingerprint density at radius 3 is 2.48 bits per heavy atom. The van der Waals surface area contributed by atoms with Crippen molar-refractivity contribution in [2.24, 2.45) is 0 Å². The fraction of sp³-hybridized carbons (Fsp3) is 0.312. The van der Waals surface area contributed by atoms with Crippen LogP contribution < -0.4 is 26.2 Å². The molecule has 0 unspecified atom stereocenters. The number of fused-ring (bicyclic) bond motifs is 1. The first-order chi connectivity index (χ1) is 23.1. The first-order valence-electron chi connectivity index (χ1n) is 15.6. The Morgan fingerprint density at radius 1 is 1.06 bits per heavy atom. The average Bonchev–Trinajstić information content (AvgIpc) is 3.41. The van der Waals surface area contributed by atoms with E-state index in [1.807, 2.05) is 18.7 Å². The third-order valence-corrected chi connectivity index (χ3v) is 9.89. The van der Waals surface area contributed by atoms with Crippen molar-refractivity contribution in [2.75, 3.05) is 48.7 Å². The van der Waals surface area contributed by atoms with Crippen molar-refractivity contribution in [3.05, 3.63) is 82.3 Å². The maximum atomic E-state index is 13.9. The van der Waals surface area contributed by atoms with Crippen molar-refractivity contribution in [1.82, 2.24) is 33.9 Å². The first kappa shape index (κ1) is 32.6. The Labute approximate surface area is 276 Å². The van der Waals surface area contributed by atoms with Crippen LogP contribution in [0.1, 0.15) is 42.1 Å². The van der Waals surface area contributed by atoms with Gasteiger partial charge in [-0.3, -0.25) is 9.59 Å². The molecular weight excluding hydrogens is 636 g/mol. The molecule has 0 radical (unpaired) electrons. The molecule has 250 valence electrons. The van der Waals surface area contributed by atoms with Crippen molar-refractivity contribution in [3.8, 4) is 17.1 Å². The standard InChI is InChI=1S/C32H36N10O5S/c1-4-8-27-36-20(3)28-31(44)38-29(39-42(27)28)23-17-22(11-12-26(23)47-5-2)48(45,46)41-15-13-40(14-16-41)32-34-18-21(19-35-32)30(43)37-25-10-7-6-9-24(25)33/h6-7,9-12,17-19H,4-5,8,13-16,33H2,1-3H3,(H,37,43)(H,38,39,44). The number of imidazole rings is 1. The molecule has 5 aromatic rings. The van der Waals surface area contributed by atoms with Gasteiger partial charge in [0, 0.05) is 45.0 Å². The minimum atomic E-state index is -3.94. The minimum absolute atomic E-state index is 0.0402. The largest absolute Gasteiger partial charge is 0.493 e. The molecule has 1 amide bonds. The summed E-state index contributed by atoms with van der Waals surface area (Å²) in [6.07, 6.45) is 4.28. The average molecular weight is 673 g/mol. The Kier molecular flexibility index (Phi) is 9.10. The number of nitrogens with two attached hydrogens (primary N) is 1. The zero-order chi connectivity index (χ0) is 34.0. The molecule has 15 nitrogen and oxygen atoms in total. The van der Waals surface area contributed by atoms with E-state index in [-0.39, 0.29) is 34.9 Å². The highest BCUT2D eigenvalue weighted by Gasteiger charge is 2.31. The molecule has 2 aromatic carbocycles. The number of aromatic nitrogens is 6. The summed E-state index contributed by atoms with van der Waals surface area (Å²) in [6, 6.07) is 11.5. The van der Waals surface area contributed by atoms with Crippen LogP contribution in [0, 0.1) is 6.92 Å². The summed E-state index contributed by atoms with van der Waals surface area (Å²) < 4.78 is 36.5. The lowest BCUT2D eigenvalue weighted by Crippen LogP contribution is -2.49. The van der Waals surface area contributed by atoms with E-state index in [0.717, 1.165) is 6.42 Å². The van der Waals surface area contributed by atoms with Gasteiger partial charge in [-0.1, -0.05) is 19.1 Å². The molecular formula is C32H36N10O5S. The molecule has 0 atom stereocenters. The predicted molar refractivity (Wildman–Crippen MR) is 181 cm³/mol. The number of ether oxygens (including phenoxy) is 1. The van der Waals surface area contributed by atoms with Crippen molar-refractivity contribution in [2.45, 2.75) is 38.5 Å². The van der Waals surface area contributed by atoms with Gasteiger partial charge in [0.2, 0.25) is 16.0 Å². The van der Waals surface area contributed by atoms with E-state index in [1.54, 1.807) is 37.3 Å². The van der Waals surface area contributed by atoms with Gasteiger partial charge < -0.3 is 25.7 Å². The predicted octanol–water partition coefficient (Wildman–Crippen LogP) is 2.88. The molecule has 48 heavy (non-hydrogen) atoms. The second-order valence-corrected chi connectivity index (χ2v) is 13.2. The van der Waals surface area contributed by atoms with Gasteiger partial charge in [-0.15, -0.1) is 5.10 Å². The molecule has 0 bridgehead atoms. The number of rotatable bonds is 10. The summed E-state index contributed by atoms with van der Waals surface area (Å²) >= 11 is 0. The topological polar surface area (TPSA) is 194 Å². The number of benzene rings is 2. The molecule has 1 fully saturated rings. The number of aromatic amines is 1. The number of para-hydroxylation sites is 2. The number of aryl methyl sites for hydroxylation is 2. The number of sulfonamides is 1. The fourth-order valence-corrected chi connectivity index (χ4v) is 7.01.